The van der Waals surface area contributed by atoms with Crippen LogP contribution >= 0.6 is 0 Å². The molecular weight excluding hydrogens is 236 g/mol. The second-order valence-corrected chi connectivity index (χ2v) is 6.51. The molecule has 1 fully saturated rings. The molecule has 1 rings (SSSR count). The zero-order chi connectivity index (χ0) is 14.3. The highest BCUT2D eigenvalue weighted by Crippen LogP contribution is 2.39. The van der Waals surface area contributed by atoms with Crippen molar-refractivity contribution < 1.29 is 9.53 Å². The van der Waals surface area contributed by atoms with Gasteiger partial charge < -0.3 is 4.74 Å². The Balaban J connectivity index is 2.61. The van der Waals surface area contributed by atoms with E-state index in [1.165, 1.54) is 32.1 Å². The maximum atomic E-state index is 12.1. The Morgan fingerprint density at radius 2 is 1.74 bits per heavy atom. The van der Waals surface area contributed by atoms with Crippen LogP contribution in [0, 0.1) is 11.8 Å². The van der Waals surface area contributed by atoms with Gasteiger partial charge in [-0.2, -0.15) is 0 Å². The van der Waals surface area contributed by atoms with Crippen molar-refractivity contribution in [2.24, 2.45) is 11.8 Å². The third-order valence-corrected chi connectivity index (χ3v) is 4.79. The van der Waals surface area contributed by atoms with Crippen molar-refractivity contribution in [3.63, 3.8) is 0 Å². The van der Waals surface area contributed by atoms with Gasteiger partial charge in [-0.05, 0) is 43.9 Å². The molecule has 0 saturated heterocycles. The number of carbonyl (C=O) groups excluding carboxylic acids is 1. The molecule has 1 aliphatic carbocycles. The van der Waals surface area contributed by atoms with Gasteiger partial charge in [0.2, 0.25) is 0 Å². The number of rotatable bonds is 7. The van der Waals surface area contributed by atoms with Gasteiger partial charge in [0.25, 0.3) is 0 Å². The lowest BCUT2D eigenvalue weighted by Gasteiger charge is -2.41. The first-order valence-electron chi connectivity index (χ1n) is 8.26. The van der Waals surface area contributed by atoms with E-state index in [4.69, 9.17) is 4.74 Å². The first-order chi connectivity index (χ1) is 9.04. The summed E-state index contributed by atoms with van der Waals surface area (Å²) in [6, 6.07) is 0. The molecule has 0 bridgehead atoms. The fourth-order valence-corrected chi connectivity index (χ4v) is 3.37. The van der Waals surface area contributed by atoms with Crippen LogP contribution in [0.2, 0.25) is 0 Å². The lowest BCUT2D eigenvalue weighted by atomic mass is 9.74. The predicted molar refractivity (Wildman–Crippen MR) is 80.1 cm³/mol. The average Bonchev–Trinajstić information content (AvgIpc) is 2.43. The first-order valence-corrected chi connectivity index (χ1v) is 8.26. The molecule has 0 atom stereocenters. The molecule has 1 aliphatic rings. The van der Waals surface area contributed by atoms with Crippen molar-refractivity contribution in [2.45, 2.75) is 91.1 Å². The summed E-state index contributed by atoms with van der Waals surface area (Å²) in [5, 5.41) is 0. The largest absolute Gasteiger partial charge is 0.459 e. The summed E-state index contributed by atoms with van der Waals surface area (Å²) < 4.78 is 5.99. The van der Waals surface area contributed by atoms with Crippen LogP contribution in [0.4, 0.5) is 0 Å². The molecule has 19 heavy (non-hydrogen) atoms. The lowest BCUT2D eigenvalue weighted by molar-refractivity contribution is -0.170. The van der Waals surface area contributed by atoms with Gasteiger partial charge in [-0.1, -0.05) is 47.0 Å². The third kappa shape index (κ3) is 4.81. The number of hydrogen-bond acceptors (Lipinski definition) is 2. The van der Waals surface area contributed by atoms with Gasteiger partial charge in [0.1, 0.15) is 5.60 Å². The molecule has 0 radical (unpaired) electrons. The van der Waals surface area contributed by atoms with Crippen LogP contribution in [-0.2, 0) is 9.53 Å². The Kier molecular flexibility index (Phi) is 6.88. The standard InChI is InChI=1S/C17H32O2/c1-5-17(6-2,15-10-8-7-9-11-15)19-16(18)13-12-14(3)4/h14-15H,5-13H2,1-4H3. The third-order valence-electron chi connectivity index (χ3n) is 4.79. The Morgan fingerprint density at radius 1 is 1.16 bits per heavy atom. The van der Waals surface area contributed by atoms with Crippen LogP contribution in [0.25, 0.3) is 0 Å². The average molecular weight is 268 g/mol. The maximum Gasteiger partial charge on any atom is 0.306 e. The van der Waals surface area contributed by atoms with E-state index >= 15 is 0 Å². The molecule has 112 valence electrons. The molecule has 2 heteroatoms. The fraction of sp³-hybridized carbons (Fsp3) is 0.941. The van der Waals surface area contributed by atoms with Crippen molar-refractivity contribution >= 4 is 5.97 Å². The molecule has 0 aromatic heterocycles. The summed E-state index contributed by atoms with van der Waals surface area (Å²) in [4.78, 5) is 12.1. The van der Waals surface area contributed by atoms with E-state index in [2.05, 4.69) is 27.7 Å². The van der Waals surface area contributed by atoms with Gasteiger partial charge in [-0.3, -0.25) is 4.79 Å². The molecule has 2 nitrogen and oxygen atoms in total. The van der Waals surface area contributed by atoms with E-state index in [0.29, 0.717) is 18.3 Å². The highest BCUT2D eigenvalue weighted by atomic mass is 16.6. The van der Waals surface area contributed by atoms with Crippen LogP contribution in [0.3, 0.4) is 0 Å². The summed E-state index contributed by atoms with van der Waals surface area (Å²) in [7, 11) is 0. The molecule has 1 saturated carbocycles. The number of hydrogen-bond donors (Lipinski definition) is 0. The van der Waals surface area contributed by atoms with Crippen LogP contribution in [0.1, 0.15) is 85.5 Å². The molecule has 0 N–H and O–H groups in total. The van der Waals surface area contributed by atoms with Crippen molar-refractivity contribution in [1.29, 1.82) is 0 Å². The predicted octanol–water partition coefficient (Wildman–Crippen LogP) is 5.10. The monoisotopic (exact) mass is 268 g/mol. The minimum Gasteiger partial charge on any atom is -0.459 e. The van der Waals surface area contributed by atoms with Gasteiger partial charge >= 0.3 is 5.97 Å². The Morgan fingerprint density at radius 3 is 2.21 bits per heavy atom. The van der Waals surface area contributed by atoms with E-state index in [-0.39, 0.29) is 11.6 Å². The first kappa shape index (κ1) is 16.5. The minimum absolute atomic E-state index is 0.0166. The molecule has 0 aromatic carbocycles. The number of esters is 1. The molecule has 0 aromatic rings. The lowest BCUT2D eigenvalue weighted by Crippen LogP contribution is -2.42. The highest BCUT2D eigenvalue weighted by molar-refractivity contribution is 5.69. The molecule has 0 amide bonds. The molecule has 0 aliphatic heterocycles. The zero-order valence-electron chi connectivity index (χ0n) is 13.3. The Labute approximate surface area is 119 Å². The second kappa shape index (κ2) is 7.91. The Bertz CT molecular complexity index is 260. The summed E-state index contributed by atoms with van der Waals surface area (Å²) in [6.45, 7) is 8.66. The van der Waals surface area contributed by atoms with Gasteiger partial charge in [0.15, 0.2) is 0 Å². The molecule has 0 heterocycles. The SMILES string of the molecule is CCC(CC)(OC(=O)CCC(C)C)C1CCCCC1. The van der Waals surface area contributed by atoms with E-state index in [1.807, 2.05) is 0 Å². The van der Waals surface area contributed by atoms with E-state index < -0.39 is 0 Å². The van der Waals surface area contributed by atoms with Crippen molar-refractivity contribution in [1.82, 2.24) is 0 Å². The fourth-order valence-electron chi connectivity index (χ4n) is 3.37. The van der Waals surface area contributed by atoms with E-state index in [1.54, 1.807) is 0 Å². The zero-order valence-corrected chi connectivity index (χ0v) is 13.3. The Hall–Kier alpha value is -0.530. The molecular formula is C17H32O2. The molecule has 0 unspecified atom stereocenters. The maximum absolute atomic E-state index is 12.1. The van der Waals surface area contributed by atoms with Crippen LogP contribution in [-0.4, -0.2) is 11.6 Å². The number of ether oxygens (including phenoxy) is 1. The van der Waals surface area contributed by atoms with Gasteiger partial charge in [-0.15, -0.1) is 0 Å². The summed E-state index contributed by atoms with van der Waals surface area (Å²) >= 11 is 0. The summed E-state index contributed by atoms with van der Waals surface area (Å²) in [5.41, 5.74) is -0.186. The quantitative estimate of drug-likeness (QED) is 0.600. The van der Waals surface area contributed by atoms with Gasteiger partial charge in [0, 0.05) is 6.42 Å². The van der Waals surface area contributed by atoms with Crippen molar-refractivity contribution in [3.05, 3.63) is 0 Å². The molecule has 0 spiro atoms. The van der Waals surface area contributed by atoms with E-state index in [0.717, 1.165) is 19.3 Å². The van der Waals surface area contributed by atoms with Crippen LogP contribution in [0.15, 0.2) is 0 Å². The smallest absolute Gasteiger partial charge is 0.306 e. The second-order valence-electron chi connectivity index (χ2n) is 6.51. The topological polar surface area (TPSA) is 26.3 Å². The van der Waals surface area contributed by atoms with Crippen molar-refractivity contribution in [2.75, 3.05) is 0 Å². The number of carbonyl (C=O) groups is 1. The normalized spacial score (nSPS) is 17.7. The summed E-state index contributed by atoms with van der Waals surface area (Å²) in [5.74, 6) is 1.17. The van der Waals surface area contributed by atoms with Crippen LogP contribution < -0.4 is 0 Å². The minimum atomic E-state index is -0.186. The van der Waals surface area contributed by atoms with Gasteiger partial charge in [-0.25, -0.2) is 0 Å². The van der Waals surface area contributed by atoms with Gasteiger partial charge in [0.05, 0.1) is 0 Å². The highest BCUT2D eigenvalue weighted by Gasteiger charge is 2.39. The van der Waals surface area contributed by atoms with Crippen LogP contribution in [0.5, 0.6) is 0 Å². The van der Waals surface area contributed by atoms with Crippen molar-refractivity contribution in [3.8, 4) is 0 Å². The summed E-state index contributed by atoms with van der Waals surface area (Å²) in [6.07, 6.45) is 9.85. The van der Waals surface area contributed by atoms with E-state index in [9.17, 15) is 4.79 Å².